The number of aliphatic hydroxyl groups is 1. The summed E-state index contributed by atoms with van der Waals surface area (Å²) in [6, 6.07) is 11.6. The molecule has 1 N–H and O–H groups in total. The third-order valence-electron chi connectivity index (χ3n) is 5.84. The van der Waals surface area contributed by atoms with Crippen molar-refractivity contribution in [2.75, 3.05) is 24.7 Å². The van der Waals surface area contributed by atoms with Gasteiger partial charge in [-0.1, -0.05) is 12.1 Å². The molecule has 2 aliphatic heterocycles. The molecule has 0 saturated carbocycles. The van der Waals surface area contributed by atoms with Gasteiger partial charge in [-0.15, -0.1) is 0 Å². The number of anilines is 1. The van der Waals surface area contributed by atoms with Crippen LogP contribution in [0.25, 0.3) is 11.3 Å². The van der Waals surface area contributed by atoms with Gasteiger partial charge in [0.2, 0.25) is 0 Å². The summed E-state index contributed by atoms with van der Waals surface area (Å²) in [4.78, 5) is 18.9. The van der Waals surface area contributed by atoms with Crippen LogP contribution in [0.2, 0.25) is 0 Å². The topological polar surface area (TPSA) is 71.9 Å². The lowest BCUT2D eigenvalue weighted by Crippen LogP contribution is -2.46. The van der Waals surface area contributed by atoms with Crippen LogP contribution in [0.5, 0.6) is 5.75 Å². The molecule has 10 heteroatoms. The van der Waals surface area contributed by atoms with E-state index in [0.29, 0.717) is 22.4 Å². The summed E-state index contributed by atoms with van der Waals surface area (Å²) < 4.78 is 61.8. The number of ether oxygens (including phenoxy) is 2. The van der Waals surface area contributed by atoms with Crippen LogP contribution in [0, 0.1) is 5.82 Å². The van der Waals surface area contributed by atoms with Crippen LogP contribution >= 0.6 is 0 Å². The number of carbonyl (C=O) groups excluding carboxylic acids is 1. The second-order valence-electron chi connectivity index (χ2n) is 8.19. The molecule has 0 atom stereocenters. The zero-order valence-electron chi connectivity index (χ0n) is 17.6. The largest absolute Gasteiger partial charge is 0.483 e. The number of halogens is 4. The maximum atomic E-state index is 13.8. The Hall–Kier alpha value is -3.50. The number of amides is 1. The molecule has 1 aromatic heterocycles. The molecule has 34 heavy (non-hydrogen) atoms. The highest BCUT2D eigenvalue weighted by atomic mass is 19.4. The highest BCUT2D eigenvalue weighted by Gasteiger charge is 2.38. The highest BCUT2D eigenvalue weighted by Crippen LogP contribution is 2.39. The molecule has 0 unspecified atom stereocenters. The number of fused-ring (bicyclic) bond motifs is 1. The van der Waals surface area contributed by atoms with E-state index in [1.807, 2.05) is 0 Å². The van der Waals surface area contributed by atoms with E-state index in [4.69, 9.17) is 9.47 Å². The zero-order chi connectivity index (χ0) is 24.1. The summed E-state index contributed by atoms with van der Waals surface area (Å²) in [5.41, 5.74) is 1.43. The summed E-state index contributed by atoms with van der Waals surface area (Å²) >= 11 is 0. The normalized spacial score (nSPS) is 16.9. The first kappa shape index (κ1) is 22.3. The zero-order valence-corrected chi connectivity index (χ0v) is 17.6. The lowest BCUT2D eigenvalue weighted by atomic mass is 9.92. The van der Waals surface area contributed by atoms with Gasteiger partial charge in [0.15, 0.2) is 6.61 Å². The third kappa shape index (κ3) is 3.99. The van der Waals surface area contributed by atoms with Crippen molar-refractivity contribution in [3.63, 3.8) is 0 Å². The molecule has 0 spiro atoms. The Morgan fingerprint density at radius 3 is 2.47 bits per heavy atom. The van der Waals surface area contributed by atoms with Crippen molar-refractivity contribution in [3.8, 4) is 17.0 Å². The molecule has 1 saturated heterocycles. The molecular weight excluding hydrogens is 456 g/mol. The third-order valence-corrected chi connectivity index (χ3v) is 5.84. The first-order valence-electron chi connectivity index (χ1n) is 10.3. The van der Waals surface area contributed by atoms with Crippen molar-refractivity contribution in [2.24, 2.45) is 0 Å². The van der Waals surface area contributed by atoms with Crippen LogP contribution < -0.4 is 9.64 Å². The van der Waals surface area contributed by atoms with Gasteiger partial charge in [0, 0.05) is 34.6 Å². The quantitative estimate of drug-likeness (QED) is 0.561. The van der Waals surface area contributed by atoms with Crippen LogP contribution in [0.4, 0.5) is 23.2 Å². The molecule has 0 aliphatic carbocycles. The SMILES string of the molecule is O=C1c2ccnc(-c3ccc(F)cc3OCC(F)(F)F)c2CN1c1ccc(C2(O)COC2)cc1. The van der Waals surface area contributed by atoms with Gasteiger partial charge in [0.05, 0.1) is 25.5 Å². The predicted octanol–water partition coefficient (Wildman–Crippen LogP) is 4.21. The molecule has 0 bridgehead atoms. The number of rotatable bonds is 5. The van der Waals surface area contributed by atoms with Gasteiger partial charge in [0.1, 0.15) is 17.2 Å². The van der Waals surface area contributed by atoms with Gasteiger partial charge in [-0.3, -0.25) is 9.78 Å². The Labute approximate surface area is 191 Å². The van der Waals surface area contributed by atoms with Crippen LogP contribution in [0.15, 0.2) is 54.7 Å². The number of carbonyl (C=O) groups is 1. The average molecular weight is 474 g/mol. The summed E-state index contributed by atoms with van der Waals surface area (Å²) in [6.07, 6.45) is -3.23. The van der Waals surface area contributed by atoms with E-state index in [2.05, 4.69) is 4.98 Å². The van der Waals surface area contributed by atoms with Gasteiger partial charge in [0.25, 0.3) is 5.91 Å². The lowest BCUT2D eigenvalue weighted by Gasteiger charge is -2.36. The minimum absolute atomic E-state index is 0.111. The molecule has 1 amide bonds. The Kier molecular flexibility index (Phi) is 5.29. The molecule has 3 heterocycles. The first-order chi connectivity index (χ1) is 16.1. The minimum atomic E-state index is -4.60. The Bertz CT molecular complexity index is 1260. The van der Waals surface area contributed by atoms with E-state index >= 15 is 0 Å². The Morgan fingerprint density at radius 1 is 1.09 bits per heavy atom. The summed E-state index contributed by atoms with van der Waals surface area (Å²) in [5.74, 6) is -1.38. The summed E-state index contributed by atoms with van der Waals surface area (Å²) in [5, 5.41) is 10.4. The number of aromatic nitrogens is 1. The van der Waals surface area contributed by atoms with Crippen LogP contribution in [-0.4, -0.2) is 42.0 Å². The summed E-state index contributed by atoms with van der Waals surface area (Å²) in [6.45, 7) is -1.08. The maximum Gasteiger partial charge on any atom is 0.422 e. The van der Waals surface area contributed by atoms with Gasteiger partial charge >= 0.3 is 6.18 Å². The van der Waals surface area contributed by atoms with Crippen molar-refractivity contribution in [1.29, 1.82) is 0 Å². The fourth-order valence-electron chi connectivity index (χ4n) is 4.05. The number of nitrogens with zero attached hydrogens (tertiary/aromatic N) is 2. The minimum Gasteiger partial charge on any atom is -0.483 e. The van der Waals surface area contributed by atoms with E-state index in [1.165, 1.54) is 23.2 Å². The van der Waals surface area contributed by atoms with Crippen molar-refractivity contribution in [2.45, 2.75) is 18.3 Å². The Morgan fingerprint density at radius 2 is 1.82 bits per heavy atom. The predicted molar refractivity (Wildman–Crippen MR) is 113 cm³/mol. The molecule has 6 nitrogen and oxygen atoms in total. The number of hydrogen-bond donors (Lipinski definition) is 1. The molecule has 176 valence electrons. The van der Waals surface area contributed by atoms with Crippen molar-refractivity contribution in [1.82, 2.24) is 4.98 Å². The molecule has 2 aliphatic rings. The number of pyridine rings is 1. The molecule has 1 fully saturated rings. The van der Waals surface area contributed by atoms with E-state index in [-0.39, 0.29) is 42.7 Å². The van der Waals surface area contributed by atoms with Crippen LogP contribution in [-0.2, 0) is 16.9 Å². The average Bonchev–Trinajstić information content (AvgIpc) is 3.13. The van der Waals surface area contributed by atoms with Crippen molar-refractivity contribution >= 4 is 11.6 Å². The number of alkyl halides is 3. The molecule has 3 aromatic rings. The summed E-state index contributed by atoms with van der Waals surface area (Å²) in [7, 11) is 0. The lowest BCUT2D eigenvalue weighted by molar-refractivity contribution is -0.184. The monoisotopic (exact) mass is 474 g/mol. The molecule has 2 aromatic carbocycles. The van der Waals surface area contributed by atoms with Gasteiger partial charge in [-0.05, 0) is 35.9 Å². The first-order valence-corrected chi connectivity index (χ1v) is 10.3. The van der Waals surface area contributed by atoms with E-state index < -0.39 is 24.2 Å². The molecule has 0 radical (unpaired) electrons. The standard InChI is InChI=1S/C24H18F4N2O4/c25-15-3-6-18(20(9-15)34-13-24(26,27)28)21-19-10-30(22(31)17(19)7-8-29-21)16-4-1-14(2-5-16)23(32)11-33-12-23/h1-9,32H,10-13H2. The van der Waals surface area contributed by atoms with Crippen molar-refractivity contribution < 1.29 is 36.9 Å². The van der Waals surface area contributed by atoms with E-state index in [1.54, 1.807) is 24.3 Å². The van der Waals surface area contributed by atoms with Gasteiger partial charge in [-0.2, -0.15) is 13.2 Å². The highest BCUT2D eigenvalue weighted by molar-refractivity contribution is 6.11. The molecular formula is C24H18F4N2O4. The second-order valence-corrected chi connectivity index (χ2v) is 8.19. The second kappa shape index (κ2) is 8.07. The van der Waals surface area contributed by atoms with Gasteiger partial charge < -0.3 is 19.5 Å². The molecule has 5 rings (SSSR count). The van der Waals surface area contributed by atoms with E-state index in [0.717, 1.165) is 12.1 Å². The Balaban J connectivity index is 1.47. The maximum absolute atomic E-state index is 13.8. The van der Waals surface area contributed by atoms with Crippen LogP contribution in [0.3, 0.4) is 0 Å². The van der Waals surface area contributed by atoms with Gasteiger partial charge in [-0.25, -0.2) is 4.39 Å². The van der Waals surface area contributed by atoms with Crippen molar-refractivity contribution in [3.05, 3.63) is 77.2 Å². The van der Waals surface area contributed by atoms with Crippen LogP contribution in [0.1, 0.15) is 21.5 Å². The fourth-order valence-corrected chi connectivity index (χ4v) is 4.05. The smallest absolute Gasteiger partial charge is 0.422 e. The number of hydrogen-bond acceptors (Lipinski definition) is 5. The van der Waals surface area contributed by atoms with E-state index in [9.17, 15) is 27.5 Å². The fraction of sp³-hybridized carbons (Fsp3) is 0.250. The number of benzene rings is 2.